The Bertz CT molecular complexity index is 600. The molecular formula is C14H14FN3O. The van der Waals surface area contributed by atoms with Crippen LogP contribution in [0.4, 0.5) is 21.6 Å². The predicted molar refractivity (Wildman–Crippen MR) is 72.3 cm³/mol. The fourth-order valence-corrected chi connectivity index (χ4v) is 2.28. The lowest BCUT2D eigenvalue weighted by Gasteiger charge is -2.19. The number of halogens is 1. The van der Waals surface area contributed by atoms with E-state index in [-0.39, 0.29) is 11.6 Å². The summed E-state index contributed by atoms with van der Waals surface area (Å²) in [6.45, 7) is 3.44. The molecule has 0 fully saturated rings. The number of hydrogen-bond donors (Lipinski definition) is 1. The number of benzene rings is 1. The summed E-state index contributed by atoms with van der Waals surface area (Å²) in [5, 5.41) is 9.34. The molecule has 0 atom stereocenters. The highest BCUT2D eigenvalue weighted by molar-refractivity contribution is 5.79. The van der Waals surface area contributed by atoms with Crippen molar-refractivity contribution in [1.29, 1.82) is 0 Å². The van der Waals surface area contributed by atoms with Crippen molar-refractivity contribution in [3.05, 3.63) is 42.3 Å². The summed E-state index contributed by atoms with van der Waals surface area (Å²) in [5.41, 5.74) is 1.73. The van der Waals surface area contributed by atoms with Crippen LogP contribution in [0, 0.1) is 5.82 Å². The number of anilines is 3. The van der Waals surface area contributed by atoms with E-state index in [4.69, 9.17) is 0 Å². The van der Waals surface area contributed by atoms with Gasteiger partial charge in [-0.15, -0.1) is 0 Å². The smallest absolute Gasteiger partial charge is 0.158 e. The van der Waals surface area contributed by atoms with Crippen molar-refractivity contribution < 1.29 is 9.50 Å². The summed E-state index contributed by atoms with van der Waals surface area (Å²) in [6.07, 6.45) is 1.23. The van der Waals surface area contributed by atoms with Crippen molar-refractivity contribution in [3.63, 3.8) is 0 Å². The highest BCUT2D eigenvalue weighted by Crippen LogP contribution is 2.39. The first-order valence-corrected chi connectivity index (χ1v) is 6.16. The van der Waals surface area contributed by atoms with Gasteiger partial charge in [0.05, 0.1) is 18.6 Å². The van der Waals surface area contributed by atoms with Crippen LogP contribution in [0.1, 0.15) is 6.92 Å². The molecule has 0 unspecified atom stereocenters. The Morgan fingerprint density at radius 1 is 1.32 bits per heavy atom. The number of rotatable bonds is 2. The summed E-state index contributed by atoms with van der Waals surface area (Å²) in [5.74, 6) is 0.640. The highest BCUT2D eigenvalue weighted by Gasteiger charge is 2.27. The van der Waals surface area contributed by atoms with Crippen LogP contribution >= 0.6 is 0 Å². The maximum absolute atomic E-state index is 13.3. The van der Waals surface area contributed by atoms with E-state index < -0.39 is 0 Å². The predicted octanol–water partition coefficient (Wildman–Crippen LogP) is 2.86. The van der Waals surface area contributed by atoms with Gasteiger partial charge in [-0.25, -0.2) is 9.37 Å². The second-order valence-corrected chi connectivity index (χ2v) is 4.44. The van der Waals surface area contributed by atoms with Gasteiger partial charge < -0.3 is 14.9 Å². The minimum absolute atomic E-state index is 0.225. The van der Waals surface area contributed by atoms with Gasteiger partial charge in [-0.05, 0) is 31.2 Å². The molecule has 0 amide bonds. The van der Waals surface area contributed by atoms with E-state index in [1.54, 1.807) is 12.1 Å². The zero-order valence-electron chi connectivity index (χ0n) is 10.5. The zero-order chi connectivity index (χ0) is 13.4. The molecule has 98 valence electrons. The van der Waals surface area contributed by atoms with Gasteiger partial charge >= 0.3 is 0 Å². The van der Waals surface area contributed by atoms with Crippen LogP contribution in [-0.4, -0.2) is 23.3 Å². The quantitative estimate of drug-likeness (QED) is 0.900. The molecule has 0 aliphatic carbocycles. The third-order valence-electron chi connectivity index (χ3n) is 3.27. The van der Waals surface area contributed by atoms with E-state index in [1.807, 2.05) is 24.0 Å². The van der Waals surface area contributed by atoms with E-state index in [2.05, 4.69) is 9.88 Å². The molecule has 1 N–H and O–H groups in total. The lowest BCUT2D eigenvalue weighted by molar-refractivity contribution is 0.475. The van der Waals surface area contributed by atoms with Gasteiger partial charge in [-0.2, -0.15) is 0 Å². The third-order valence-corrected chi connectivity index (χ3v) is 3.27. The summed E-state index contributed by atoms with van der Waals surface area (Å²) in [6, 6.07) is 8.42. The Balaban J connectivity index is 2.04. The van der Waals surface area contributed by atoms with Crippen LogP contribution in [0.5, 0.6) is 5.75 Å². The Morgan fingerprint density at radius 2 is 2.05 bits per heavy atom. The van der Waals surface area contributed by atoms with Crippen LogP contribution in [0.15, 0.2) is 36.5 Å². The molecule has 1 aliphatic rings. The Hall–Kier alpha value is -2.30. The van der Waals surface area contributed by atoms with E-state index >= 15 is 0 Å². The highest BCUT2D eigenvalue weighted by atomic mass is 19.1. The standard InChI is InChI=1S/C14H14FN3O/c1-2-17-9-18(11-3-5-12(19)6-4-11)14-13(17)7-10(15)8-16-14/h3-8,19H,2,9H2,1H3. The van der Waals surface area contributed by atoms with Crippen molar-refractivity contribution >= 4 is 17.2 Å². The molecule has 2 aromatic rings. The maximum atomic E-state index is 13.3. The van der Waals surface area contributed by atoms with Gasteiger partial charge in [0.2, 0.25) is 0 Å². The van der Waals surface area contributed by atoms with Crippen molar-refractivity contribution in [1.82, 2.24) is 4.98 Å². The largest absolute Gasteiger partial charge is 0.508 e. The zero-order valence-corrected chi connectivity index (χ0v) is 10.5. The number of aromatic hydroxyl groups is 1. The van der Waals surface area contributed by atoms with Gasteiger partial charge in [0.15, 0.2) is 5.82 Å². The average Bonchev–Trinajstić information content (AvgIpc) is 2.77. The van der Waals surface area contributed by atoms with Crippen molar-refractivity contribution in [2.75, 3.05) is 23.0 Å². The van der Waals surface area contributed by atoms with Crippen molar-refractivity contribution in [2.45, 2.75) is 6.92 Å². The molecule has 0 bridgehead atoms. The topological polar surface area (TPSA) is 39.6 Å². The second-order valence-electron chi connectivity index (χ2n) is 4.44. The Kier molecular flexibility index (Phi) is 2.74. The molecule has 4 nitrogen and oxygen atoms in total. The molecular weight excluding hydrogens is 245 g/mol. The Morgan fingerprint density at radius 3 is 2.74 bits per heavy atom. The normalized spacial score (nSPS) is 13.8. The molecule has 1 aliphatic heterocycles. The van der Waals surface area contributed by atoms with Crippen molar-refractivity contribution in [3.8, 4) is 5.75 Å². The average molecular weight is 259 g/mol. The van der Waals surface area contributed by atoms with E-state index in [0.29, 0.717) is 6.67 Å². The number of aromatic nitrogens is 1. The summed E-state index contributed by atoms with van der Waals surface area (Å²) in [4.78, 5) is 8.24. The van der Waals surface area contributed by atoms with E-state index in [1.165, 1.54) is 12.3 Å². The second kappa shape index (κ2) is 4.42. The van der Waals surface area contributed by atoms with Gasteiger partial charge in [-0.1, -0.05) is 0 Å². The molecule has 0 spiro atoms. The van der Waals surface area contributed by atoms with Crippen molar-refractivity contribution in [2.24, 2.45) is 0 Å². The number of phenolic OH excluding ortho intramolecular Hbond substituents is 1. The molecule has 1 aromatic carbocycles. The van der Waals surface area contributed by atoms with E-state index in [0.717, 1.165) is 23.7 Å². The Labute approximate surface area is 110 Å². The molecule has 0 saturated heterocycles. The molecule has 5 heteroatoms. The van der Waals surface area contributed by atoms with Gasteiger partial charge in [0.25, 0.3) is 0 Å². The minimum Gasteiger partial charge on any atom is -0.508 e. The van der Waals surface area contributed by atoms with Crippen LogP contribution in [0.25, 0.3) is 0 Å². The van der Waals surface area contributed by atoms with Crippen LogP contribution in [0.3, 0.4) is 0 Å². The fraction of sp³-hybridized carbons (Fsp3) is 0.214. The van der Waals surface area contributed by atoms with Crippen LogP contribution in [0.2, 0.25) is 0 Å². The SMILES string of the molecule is CCN1CN(c2ccc(O)cc2)c2ncc(F)cc21. The summed E-state index contributed by atoms with van der Waals surface area (Å²) >= 11 is 0. The molecule has 0 saturated carbocycles. The number of pyridine rings is 1. The van der Waals surface area contributed by atoms with Gasteiger partial charge in [-0.3, -0.25) is 0 Å². The number of nitrogens with zero attached hydrogens (tertiary/aromatic N) is 3. The lowest BCUT2D eigenvalue weighted by atomic mass is 10.3. The summed E-state index contributed by atoms with van der Waals surface area (Å²) in [7, 11) is 0. The summed E-state index contributed by atoms with van der Waals surface area (Å²) < 4.78 is 13.3. The number of hydrogen-bond acceptors (Lipinski definition) is 4. The maximum Gasteiger partial charge on any atom is 0.158 e. The molecule has 1 aromatic heterocycles. The first-order chi connectivity index (χ1) is 9.19. The first-order valence-electron chi connectivity index (χ1n) is 6.16. The third kappa shape index (κ3) is 1.97. The monoisotopic (exact) mass is 259 g/mol. The lowest BCUT2D eigenvalue weighted by Crippen LogP contribution is -2.27. The van der Waals surface area contributed by atoms with Crippen LogP contribution in [-0.2, 0) is 0 Å². The number of phenols is 1. The van der Waals surface area contributed by atoms with Gasteiger partial charge in [0.1, 0.15) is 11.6 Å². The molecule has 19 heavy (non-hydrogen) atoms. The number of fused-ring (bicyclic) bond motifs is 1. The molecule has 3 rings (SSSR count). The minimum atomic E-state index is -0.329. The molecule has 0 radical (unpaired) electrons. The van der Waals surface area contributed by atoms with Crippen LogP contribution < -0.4 is 9.80 Å². The molecule has 2 heterocycles. The fourth-order valence-electron chi connectivity index (χ4n) is 2.28. The van der Waals surface area contributed by atoms with E-state index in [9.17, 15) is 9.50 Å². The van der Waals surface area contributed by atoms with Gasteiger partial charge in [0, 0.05) is 18.3 Å². The first kappa shape index (κ1) is 11.8.